The first kappa shape index (κ1) is 17.8. The average molecular weight is 302 g/mol. The highest BCUT2D eigenvalue weighted by molar-refractivity contribution is 5.56. The van der Waals surface area contributed by atoms with E-state index in [1.807, 2.05) is 20.8 Å². The highest BCUT2D eigenvalue weighted by Gasteiger charge is 2.35. The van der Waals surface area contributed by atoms with Crippen molar-refractivity contribution in [1.29, 1.82) is 0 Å². The van der Waals surface area contributed by atoms with Gasteiger partial charge < -0.3 is 10.6 Å². The molecule has 1 rings (SSSR count). The number of alkyl halides is 3. The smallest absolute Gasteiger partial charge is 0.371 e. The lowest BCUT2D eigenvalue weighted by Gasteiger charge is -2.29. The summed E-state index contributed by atoms with van der Waals surface area (Å²) in [7, 11) is 1.70. The van der Waals surface area contributed by atoms with E-state index in [2.05, 4.69) is 0 Å². The summed E-state index contributed by atoms with van der Waals surface area (Å²) in [6, 6.07) is 4.49. The normalized spacial score (nSPS) is 14.9. The fourth-order valence-electron chi connectivity index (χ4n) is 2.20. The summed E-state index contributed by atoms with van der Waals surface area (Å²) in [5, 5.41) is 0. The lowest BCUT2D eigenvalue weighted by Crippen LogP contribution is -2.30. The Balaban J connectivity index is 3.20. The van der Waals surface area contributed by atoms with Gasteiger partial charge in [0, 0.05) is 24.8 Å². The highest BCUT2D eigenvalue weighted by atomic mass is 19.4. The van der Waals surface area contributed by atoms with Gasteiger partial charge in [0.25, 0.3) is 0 Å². The number of rotatable bonds is 6. The maximum absolute atomic E-state index is 13.3. The fraction of sp³-hybridized carbons (Fsp3) is 0.625. The van der Waals surface area contributed by atoms with Crippen LogP contribution >= 0.6 is 0 Å². The minimum atomic E-state index is -4.36. The van der Waals surface area contributed by atoms with Gasteiger partial charge in [-0.3, -0.25) is 0 Å². The van der Waals surface area contributed by atoms with Crippen LogP contribution in [0, 0.1) is 0 Å². The largest absolute Gasteiger partial charge is 0.418 e. The van der Waals surface area contributed by atoms with Gasteiger partial charge in [0.05, 0.1) is 5.56 Å². The molecule has 0 bridgehead atoms. The first-order valence-corrected chi connectivity index (χ1v) is 7.39. The van der Waals surface area contributed by atoms with Gasteiger partial charge in [0.1, 0.15) is 0 Å². The van der Waals surface area contributed by atoms with Crippen LogP contribution in [-0.4, -0.2) is 19.1 Å². The van der Waals surface area contributed by atoms with Crippen LogP contribution in [0.3, 0.4) is 0 Å². The molecule has 0 radical (unpaired) electrons. The SMILES string of the molecule is CCC(N)Cc1ccc(N(C)C(C)CC)c(C(F)(F)F)c1. The second-order valence-corrected chi connectivity index (χ2v) is 5.59. The number of anilines is 1. The van der Waals surface area contributed by atoms with E-state index < -0.39 is 11.7 Å². The molecule has 0 fully saturated rings. The molecule has 1 aromatic rings. The predicted octanol–water partition coefficient (Wildman–Crippen LogP) is 4.22. The van der Waals surface area contributed by atoms with Gasteiger partial charge in [-0.1, -0.05) is 19.9 Å². The summed E-state index contributed by atoms with van der Waals surface area (Å²) in [6.07, 6.45) is -2.36. The number of benzene rings is 1. The Morgan fingerprint density at radius 1 is 1.19 bits per heavy atom. The predicted molar refractivity (Wildman–Crippen MR) is 81.6 cm³/mol. The van der Waals surface area contributed by atoms with Crippen molar-refractivity contribution in [2.75, 3.05) is 11.9 Å². The first-order valence-electron chi connectivity index (χ1n) is 7.39. The third-order valence-electron chi connectivity index (χ3n) is 4.02. The van der Waals surface area contributed by atoms with Gasteiger partial charge in [-0.25, -0.2) is 0 Å². The van der Waals surface area contributed by atoms with Gasteiger partial charge in [-0.05, 0) is 43.9 Å². The Morgan fingerprint density at radius 2 is 1.81 bits per heavy atom. The third-order valence-corrected chi connectivity index (χ3v) is 4.02. The standard InChI is InChI=1S/C16H25F3N2/c1-5-11(3)21(4)15-8-7-12(9-13(20)6-2)10-14(15)16(17,18)19/h7-8,10-11,13H,5-6,9,20H2,1-4H3. The van der Waals surface area contributed by atoms with E-state index in [0.717, 1.165) is 12.8 Å². The summed E-state index contributed by atoms with van der Waals surface area (Å²) >= 11 is 0. The van der Waals surface area contributed by atoms with E-state index in [0.29, 0.717) is 12.0 Å². The lowest BCUT2D eigenvalue weighted by atomic mass is 10.00. The number of halogens is 3. The molecule has 2 atom stereocenters. The van der Waals surface area contributed by atoms with Crippen LogP contribution in [0.1, 0.15) is 44.7 Å². The Hall–Kier alpha value is -1.23. The molecule has 5 heteroatoms. The topological polar surface area (TPSA) is 29.3 Å². The molecule has 2 nitrogen and oxygen atoms in total. The van der Waals surface area contributed by atoms with Crippen molar-refractivity contribution in [1.82, 2.24) is 0 Å². The number of hydrogen-bond acceptors (Lipinski definition) is 2. The summed E-state index contributed by atoms with van der Waals surface area (Å²) in [5.41, 5.74) is 6.13. The Bertz CT molecular complexity index is 457. The monoisotopic (exact) mass is 302 g/mol. The second-order valence-electron chi connectivity index (χ2n) is 5.59. The van der Waals surface area contributed by atoms with E-state index in [4.69, 9.17) is 5.73 Å². The second kappa shape index (κ2) is 7.16. The lowest BCUT2D eigenvalue weighted by molar-refractivity contribution is -0.137. The van der Waals surface area contributed by atoms with Crippen LogP contribution in [0.15, 0.2) is 18.2 Å². The molecule has 0 aliphatic heterocycles. The van der Waals surface area contributed by atoms with Gasteiger partial charge in [0.15, 0.2) is 0 Å². The molecular formula is C16H25F3N2. The van der Waals surface area contributed by atoms with E-state index in [9.17, 15) is 13.2 Å². The Kier molecular flexibility index (Phi) is 6.08. The number of nitrogens with two attached hydrogens (primary N) is 1. The zero-order valence-corrected chi connectivity index (χ0v) is 13.2. The van der Waals surface area contributed by atoms with E-state index in [1.165, 1.54) is 6.07 Å². The average Bonchev–Trinajstić information content (AvgIpc) is 2.44. The molecule has 0 aliphatic rings. The van der Waals surface area contributed by atoms with Crippen LogP contribution < -0.4 is 10.6 Å². The van der Waals surface area contributed by atoms with Gasteiger partial charge in [-0.15, -0.1) is 0 Å². The maximum atomic E-state index is 13.3. The highest BCUT2D eigenvalue weighted by Crippen LogP contribution is 2.37. The molecule has 1 aromatic carbocycles. The number of nitrogens with zero attached hydrogens (tertiary/aromatic N) is 1. The maximum Gasteiger partial charge on any atom is 0.418 e. The van der Waals surface area contributed by atoms with Crippen molar-refractivity contribution in [2.24, 2.45) is 5.73 Å². The van der Waals surface area contributed by atoms with Crippen LogP contribution in [0.25, 0.3) is 0 Å². The van der Waals surface area contributed by atoms with Crippen molar-refractivity contribution >= 4 is 5.69 Å². The molecule has 0 aromatic heterocycles. The van der Waals surface area contributed by atoms with Crippen molar-refractivity contribution < 1.29 is 13.2 Å². The zero-order valence-electron chi connectivity index (χ0n) is 13.2. The number of hydrogen-bond donors (Lipinski definition) is 1. The molecule has 0 saturated carbocycles. The molecule has 0 saturated heterocycles. The van der Waals surface area contributed by atoms with E-state index in [1.54, 1.807) is 24.1 Å². The molecule has 2 unspecified atom stereocenters. The minimum Gasteiger partial charge on any atom is -0.371 e. The summed E-state index contributed by atoms with van der Waals surface area (Å²) in [6.45, 7) is 5.81. The molecule has 0 aliphatic carbocycles. The molecule has 2 N–H and O–H groups in total. The first-order chi connectivity index (χ1) is 9.70. The molecule has 21 heavy (non-hydrogen) atoms. The van der Waals surface area contributed by atoms with Crippen molar-refractivity contribution in [3.8, 4) is 0 Å². The third kappa shape index (κ3) is 4.63. The quantitative estimate of drug-likeness (QED) is 0.852. The molecule has 0 heterocycles. The fourth-order valence-corrected chi connectivity index (χ4v) is 2.20. The van der Waals surface area contributed by atoms with Gasteiger partial charge in [0.2, 0.25) is 0 Å². The van der Waals surface area contributed by atoms with Gasteiger partial charge >= 0.3 is 6.18 Å². The Labute approximate surface area is 125 Å². The van der Waals surface area contributed by atoms with E-state index in [-0.39, 0.29) is 17.8 Å². The molecule has 120 valence electrons. The minimum absolute atomic E-state index is 0.0508. The molecular weight excluding hydrogens is 277 g/mol. The summed E-state index contributed by atoms with van der Waals surface area (Å²) < 4.78 is 40.0. The van der Waals surface area contributed by atoms with Gasteiger partial charge in [-0.2, -0.15) is 13.2 Å². The molecule has 0 spiro atoms. The van der Waals surface area contributed by atoms with Crippen molar-refractivity contribution in [3.05, 3.63) is 29.3 Å². The molecule has 0 amide bonds. The van der Waals surface area contributed by atoms with E-state index >= 15 is 0 Å². The van der Waals surface area contributed by atoms with Crippen LogP contribution in [-0.2, 0) is 12.6 Å². The van der Waals surface area contributed by atoms with Crippen LogP contribution in [0.4, 0.5) is 18.9 Å². The zero-order chi connectivity index (χ0) is 16.2. The summed E-state index contributed by atoms with van der Waals surface area (Å²) in [5.74, 6) is 0. The van der Waals surface area contributed by atoms with Crippen molar-refractivity contribution in [2.45, 2.75) is 58.3 Å². The van der Waals surface area contributed by atoms with Crippen LogP contribution in [0.5, 0.6) is 0 Å². The summed E-state index contributed by atoms with van der Waals surface area (Å²) in [4.78, 5) is 1.69. The van der Waals surface area contributed by atoms with Crippen molar-refractivity contribution in [3.63, 3.8) is 0 Å². The Morgan fingerprint density at radius 3 is 2.29 bits per heavy atom. The van der Waals surface area contributed by atoms with Crippen LogP contribution in [0.2, 0.25) is 0 Å².